The van der Waals surface area contributed by atoms with E-state index in [-0.39, 0.29) is 5.41 Å². The molecule has 2 nitrogen and oxygen atoms in total. The van der Waals surface area contributed by atoms with Gasteiger partial charge < -0.3 is 9.84 Å². The van der Waals surface area contributed by atoms with E-state index in [0.717, 1.165) is 17.7 Å². The van der Waals surface area contributed by atoms with Gasteiger partial charge in [-0.3, -0.25) is 0 Å². The predicted octanol–water partition coefficient (Wildman–Crippen LogP) is 4.65. The summed E-state index contributed by atoms with van der Waals surface area (Å²) in [6.45, 7) is 9.25. The second-order valence-corrected chi connectivity index (χ2v) is 5.49. The van der Waals surface area contributed by atoms with Crippen molar-refractivity contribution in [3.05, 3.63) is 23.8 Å². The highest BCUT2D eigenvalue weighted by Crippen LogP contribution is 2.34. The van der Waals surface area contributed by atoms with Gasteiger partial charge in [-0.25, -0.2) is 0 Å². The van der Waals surface area contributed by atoms with Crippen LogP contribution in [0.3, 0.4) is 0 Å². The summed E-state index contributed by atoms with van der Waals surface area (Å²) in [5, 5.41) is 9.78. The van der Waals surface area contributed by atoms with E-state index < -0.39 is 0 Å². The third-order valence-electron chi connectivity index (χ3n) is 3.39. The molecular formula is C16H26O2. The molecule has 0 amide bonds. The number of hydrogen-bond acceptors (Lipinski definition) is 2. The largest absolute Gasteiger partial charge is 0.508 e. The third-order valence-corrected chi connectivity index (χ3v) is 3.39. The van der Waals surface area contributed by atoms with E-state index >= 15 is 0 Å². The first-order chi connectivity index (χ1) is 8.49. The lowest BCUT2D eigenvalue weighted by Gasteiger charge is -2.26. The van der Waals surface area contributed by atoms with Crippen LogP contribution in [0.5, 0.6) is 11.5 Å². The molecule has 0 heterocycles. The maximum Gasteiger partial charge on any atom is 0.123 e. The Balaban J connectivity index is 2.85. The summed E-state index contributed by atoms with van der Waals surface area (Å²) in [7, 11) is 0. The number of phenolic OH excluding ortho intramolecular Hbond substituents is 1. The van der Waals surface area contributed by atoms with Crippen molar-refractivity contribution in [2.24, 2.45) is 0 Å². The Morgan fingerprint density at radius 3 is 2.44 bits per heavy atom. The van der Waals surface area contributed by atoms with Gasteiger partial charge in [0, 0.05) is 6.07 Å². The van der Waals surface area contributed by atoms with Crippen LogP contribution in [0, 0.1) is 0 Å². The van der Waals surface area contributed by atoms with Gasteiger partial charge in [-0.05, 0) is 36.5 Å². The second-order valence-electron chi connectivity index (χ2n) is 5.49. The van der Waals surface area contributed by atoms with Gasteiger partial charge in [-0.1, -0.05) is 40.0 Å². The molecule has 0 aliphatic carbocycles. The topological polar surface area (TPSA) is 29.5 Å². The molecule has 2 heteroatoms. The van der Waals surface area contributed by atoms with Crippen molar-refractivity contribution >= 4 is 0 Å². The van der Waals surface area contributed by atoms with Gasteiger partial charge in [0.15, 0.2) is 0 Å². The zero-order valence-electron chi connectivity index (χ0n) is 12.1. The van der Waals surface area contributed by atoms with Crippen molar-refractivity contribution in [2.75, 3.05) is 6.61 Å². The average molecular weight is 250 g/mol. The highest BCUT2D eigenvalue weighted by atomic mass is 16.5. The summed E-state index contributed by atoms with van der Waals surface area (Å²) in [4.78, 5) is 0. The Labute approximate surface area is 111 Å². The van der Waals surface area contributed by atoms with Crippen LogP contribution in [0.1, 0.15) is 58.9 Å². The van der Waals surface area contributed by atoms with Gasteiger partial charge in [0.2, 0.25) is 0 Å². The minimum atomic E-state index is 0.0831. The zero-order chi connectivity index (χ0) is 13.6. The number of rotatable bonds is 7. The molecule has 1 aromatic carbocycles. The molecular weight excluding hydrogens is 224 g/mol. The summed E-state index contributed by atoms with van der Waals surface area (Å²) in [6.07, 6.45) is 4.86. The second kappa shape index (κ2) is 6.67. The van der Waals surface area contributed by atoms with E-state index in [1.165, 1.54) is 19.3 Å². The monoisotopic (exact) mass is 250 g/mol. The highest BCUT2D eigenvalue weighted by molar-refractivity contribution is 5.40. The summed E-state index contributed by atoms with van der Waals surface area (Å²) in [5.74, 6) is 1.05. The lowest BCUT2D eigenvalue weighted by atomic mass is 9.80. The molecule has 0 atom stereocenters. The SMILES string of the molecule is CCCCCC(C)(C)c1cc(O)cc(OCC)c1. The van der Waals surface area contributed by atoms with Crippen molar-refractivity contribution in [1.29, 1.82) is 0 Å². The molecule has 102 valence electrons. The number of aromatic hydroxyl groups is 1. The fraction of sp³-hybridized carbons (Fsp3) is 0.625. The average Bonchev–Trinajstić information content (AvgIpc) is 2.29. The fourth-order valence-corrected chi connectivity index (χ4v) is 2.19. The van der Waals surface area contributed by atoms with Crippen molar-refractivity contribution in [1.82, 2.24) is 0 Å². The number of unbranched alkanes of at least 4 members (excludes halogenated alkanes) is 2. The molecule has 0 unspecified atom stereocenters. The molecule has 0 aromatic heterocycles. The van der Waals surface area contributed by atoms with Gasteiger partial charge in [-0.2, -0.15) is 0 Å². The minimum Gasteiger partial charge on any atom is -0.508 e. The molecule has 0 aliphatic rings. The molecule has 0 fully saturated rings. The van der Waals surface area contributed by atoms with Crippen LogP contribution in [0.25, 0.3) is 0 Å². The Hall–Kier alpha value is -1.18. The molecule has 18 heavy (non-hydrogen) atoms. The molecule has 0 bridgehead atoms. The van der Waals surface area contributed by atoms with Crippen LogP contribution in [0.15, 0.2) is 18.2 Å². The predicted molar refractivity (Wildman–Crippen MR) is 76.4 cm³/mol. The third kappa shape index (κ3) is 4.25. The molecule has 0 spiro atoms. The van der Waals surface area contributed by atoms with E-state index in [9.17, 15) is 5.11 Å². The zero-order valence-corrected chi connectivity index (χ0v) is 12.1. The number of ether oxygens (including phenoxy) is 1. The highest BCUT2D eigenvalue weighted by Gasteiger charge is 2.21. The summed E-state index contributed by atoms with van der Waals surface area (Å²) >= 11 is 0. The van der Waals surface area contributed by atoms with Gasteiger partial charge in [0.05, 0.1) is 6.61 Å². The molecule has 0 aliphatic heterocycles. The normalized spacial score (nSPS) is 11.6. The smallest absolute Gasteiger partial charge is 0.123 e. The van der Waals surface area contributed by atoms with Gasteiger partial charge in [0.1, 0.15) is 11.5 Å². The number of phenols is 1. The van der Waals surface area contributed by atoms with E-state index in [2.05, 4.69) is 26.8 Å². The first-order valence-electron chi connectivity index (χ1n) is 6.97. The lowest BCUT2D eigenvalue weighted by Crippen LogP contribution is -2.17. The van der Waals surface area contributed by atoms with Crippen LogP contribution in [0.4, 0.5) is 0 Å². The standard InChI is InChI=1S/C16H26O2/c1-5-7-8-9-16(3,4)13-10-14(17)12-15(11-13)18-6-2/h10-12,17H,5-9H2,1-4H3. The van der Waals surface area contributed by atoms with E-state index in [0.29, 0.717) is 12.4 Å². The van der Waals surface area contributed by atoms with Crippen LogP contribution >= 0.6 is 0 Å². The molecule has 0 saturated heterocycles. The van der Waals surface area contributed by atoms with Crippen molar-refractivity contribution < 1.29 is 9.84 Å². The minimum absolute atomic E-state index is 0.0831. The van der Waals surface area contributed by atoms with E-state index in [1.54, 1.807) is 6.07 Å². The van der Waals surface area contributed by atoms with E-state index in [4.69, 9.17) is 4.74 Å². The number of hydrogen-bond donors (Lipinski definition) is 1. The molecule has 1 N–H and O–H groups in total. The number of benzene rings is 1. The van der Waals surface area contributed by atoms with Crippen LogP contribution in [-0.4, -0.2) is 11.7 Å². The Morgan fingerprint density at radius 1 is 1.11 bits per heavy atom. The molecule has 1 aromatic rings. The first-order valence-corrected chi connectivity index (χ1v) is 6.97. The van der Waals surface area contributed by atoms with Crippen LogP contribution in [0.2, 0.25) is 0 Å². The van der Waals surface area contributed by atoms with Crippen LogP contribution in [-0.2, 0) is 5.41 Å². The molecule has 0 saturated carbocycles. The van der Waals surface area contributed by atoms with E-state index in [1.807, 2.05) is 13.0 Å². The maximum atomic E-state index is 9.78. The van der Waals surface area contributed by atoms with Crippen molar-refractivity contribution in [3.8, 4) is 11.5 Å². The summed E-state index contributed by atoms with van der Waals surface area (Å²) in [6, 6.07) is 5.58. The van der Waals surface area contributed by atoms with Crippen molar-refractivity contribution in [3.63, 3.8) is 0 Å². The Morgan fingerprint density at radius 2 is 1.83 bits per heavy atom. The lowest BCUT2D eigenvalue weighted by molar-refractivity contribution is 0.335. The fourth-order valence-electron chi connectivity index (χ4n) is 2.19. The Kier molecular flexibility index (Phi) is 5.52. The summed E-state index contributed by atoms with van der Waals surface area (Å²) in [5.41, 5.74) is 1.24. The Bertz CT molecular complexity index is 369. The van der Waals surface area contributed by atoms with Gasteiger partial charge in [0.25, 0.3) is 0 Å². The maximum absolute atomic E-state index is 9.78. The first kappa shape index (κ1) is 14.9. The molecule has 1 rings (SSSR count). The van der Waals surface area contributed by atoms with Gasteiger partial charge >= 0.3 is 0 Å². The van der Waals surface area contributed by atoms with Crippen LogP contribution < -0.4 is 4.74 Å². The van der Waals surface area contributed by atoms with Gasteiger partial charge in [-0.15, -0.1) is 0 Å². The summed E-state index contributed by atoms with van der Waals surface area (Å²) < 4.78 is 5.49. The quantitative estimate of drug-likeness (QED) is 0.714. The van der Waals surface area contributed by atoms with Crippen molar-refractivity contribution in [2.45, 2.75) is 58.8 Å². The molecule has 0 radical (unpaired) electrons.